The molecule has 1 aromatic carbocycles. The van der Waals surface area contributed by atoms with E-state index in [2.05, 4.69) is 32.2 Å². The summed E-state index contributed by atoms with van der Waals surface area (Å²) in [5.41, 5.74) is 1.90. The Morgan fingerprint density at radius 1 is 1.09 bits per heavy atom. The largest absolute Gasteiger partial charge is 0.434 e. The van der Waals surface area contributed by atoms with Crippen LogP contribution in [0.25, 0.3) is 21.5 Å². The smallest absolute Gasteiger partial charge is 0.347 e. The average molecular weight is 499 g/mol. The van der Waals surface area contributed by atoms with Crippen LogP contribution in [0.2, 0.25) is 10.0 Å². The molecule has 1 aliphatic heterocycles. The molecule has 3 aromatic heterocycles. The number of rotatable bonds is 4. The quantitative estimate of drug-likeness (QED) is 0.402. The lowest BCUT2D eigenvalue weighted by Crippen LogP contribution is -2.40. The SMILES string of the molecule is C=C1C=NN(c2cc(Cl)c(Oc3n[nH]c(=O)cc3-c3ccc4sccc4n3)c(Cl)c2)C(=O)N1. The van der Waals surface area contributed by atoms with Gasteiger partial charge in [0.1, 0.15) is 0 Å². The minimum absolute atomic E-state index is 0.0539. The number of hydrogen-bond donors (Lipinski definition) is 2. The first-order chi connectivity index (χ1) is 15.9. The zero-order valence-electron chi connectivity index (χ0n) is 16.5. The van der Waals surface area contributed by atoms with E-state index >= 15 is 0 Å². The zero-order chi connectivity index (χ0) is 23.1. The number of hydrogen-bond acceptors (Lipinski definition) is 7. The molecule has 4 heterocycles. The van der Waals surface area contributed by atoms with Gasteiger partial charge >= 0.3 is 6.03 Å². The van der Waals surface area contributed by atoms with E-state index in [4.69, 9.17) is 27.9 Å². The minimum Gasteiger partial charge on any atom is -0.434 e. The number of aromatic nitrogens is 3. The summed E-state index contributed by atoms with van der Waals surface area (Å²) in [7, 11) is 0. The number of pyridine rings is 1. The summed E-state index contributed by atoms with van der Waals surface area (Å²) in [5, 5.41) is 16.1. The summed E-state index contributed by atoms with van der Waals surface area (Å²) in [6.07, 6.45) is 1.39. The number of nitrogens with one attached hydrogen (secondary N) is 2. The normalized spacial score (nSPS) is 13.5. The molecule has 0 bridgehead atoms. The first-order valence-corrected chi connectivity index (χ1v) is 11.0. The summed E-state index contributed by atoms with van der Waals surface area (Å²) < 4.78 is 6.91. The second-order valence-corrected chi connectivity index (χ2v) is 8.57. The van der Waals surface area contributed by atoms with Gasteiger partial charge in [-0.25, -0.2) is 14.9 Å². The average Bonchev–Trinajstić information content (AvgIpc) is 3.25. The van der Waals surface area contributed by atoms with Crippen LogP contribution in [0.5, 0.6) is 11.6 Å². The van der Waals surface area contributed by atoms with Crippen molar-refractivity contribution in [2.45, 2.75) is 0 Å². The van der Waals surface area contributed by atoms with E-state index in [1.165, 1.54) is 24.4 Å². The molecular weight excluding hydrogens is 487 g/mol. The Balaban J connectivity index is 1.53. The molecule has 4 aromatic rings. The highest BCUT2D eigenvalue weighted by atomic mass is 35.5. The maximum Gasteiger partial charge on any atom is 0.347 e. The maximum absolute atomic E-state index is 12.2. The number of benzene rings is 1. The van der Waals surface area contributed by atoms with Crippen LogP contribution in [-0.4, -0.2) is 27.4 Å². The summed E-state index contributed by atoms with van der Waals surface area (Å²) in [6, 6.07) is 9.31. The lowest BCUT2D eigenvalue weighted by atomic mass is 10.2. The molecule has 0 unspecified atom stereocenters. The number of anilines is 1. The second-order valence-electron chi connectivity index (χ2n) is 6.80. The van der Waals surface area contributed by atoms with Gasteiger partial charge in [-0.2, -0.15) is 10.1 Å². The molecule has 164 valence electrons. The summed E-state index contributed by atoms with van der Waals surface area (Å²) in [6.45, 7) is 3.63. The lowest BCUT2D eigenvalue weighted by Gasteiger charge is -2.22. The van der Waals surface area contributed by atoms with E-state index in [1.807, 2.05) is 17.5 Å². The molecule has 33 heavy (non-hydrogen) atoms. The van der Waals surface area contributed by atoms with Gasteiger partial charge in [-0.15, -0.1) is 16.4 Å². The van der Waals surface area contributed by atoms with Crippen molar-refractivity contribution >= 4 is 62.7 Å². The van der Waals surface area contributed by atoms with E-state index in [0.717, 1.165) is 15.2 Å². The number of amides is 2. The minimum atomic E-state index is -0.511. The predicted octanol–water partition coefficient (Wildman–Crippen LogP) is 5.17. The van der Waals surface area contributed by atoms with Crippen molar-refractivity contribution in [2.24, 2.45) is 5.10 Å². The Hall–Kier alpha value is -3.73. The van der Waals surface area contributed by atoms with Crippen LogP contribution in [0.4, 0.5) is 10.5 Å². The molecule has 12 heteroatoms. The van der Waals surface area contributed by atoms with Crippen LogP contribution < -0.4 is 20.6 Å². The highest BCUT2D eigenvalue weighted by molar-refractivity contribution is 7.17. The number of nitrogens with zero attached hydrogens (tertiary/aromatic N) is 4. The number of carbonyl (C=O) groups excluding carboxylic acids is 1. The van der Waals surface area contributed by atoms with Gasteiger partial charge in [0.05, 0.1) is 49.1 Å². The number of H-pyrrole nitrogens is 1. The molecule has 0 aliphatic carbocycles. The number of hydrazone groups is 1. The monoisotopic (exact) mass is 498 g/mol. The van der Waals surface area contributed by atoms with E-state index in [1.54, 1.807) is 17.4 Å². The van der Waals surface area contributed by atoms with Gasteiger partial charge in [0, 0.05) is 6.07 Å². The molecule has 1 aliphatic rings. The third-order valence-electron chi connectivity index (χ3n) is 4.57. The highest BCUT2D eigenvalue weighted by Gasteiger charge is 2.23. The second kappa shape index (κ2) is 8.32. The number of aromatic amines is 1. The first-order valence-electron chi connectivity index (χ1n) is 9.34. The van der Waals surface area contributed by atoms with Crippen LogP contribution >= 0.6 is 34.5 Å². The first kappa shape index (κ1) is 21.1. The molecule has 0 saturated carbocycles. The molecule has 2 N–H and O–H groups in total. The molecule has 0 radical (unpaired) electrons. The Morgan fingerprint density at radius 2 is 1.88 bits per heavy atom. The molecule has 5 rings (SSSR count). The Kier molecular flexibility index (Phi) is 5.33. The zero-order valence-corrected chi connectivity index (χ0v) is 18.8. The number of thiophene rings is 1. The predicted molar refractivity (Wildman–Crippen MR) is 129 cm³/mol. The van der Waals surface area contributed by atoms with Crippen molar-refractivity contribution in [2.75, 3.05) is 5.01 Å². The van der Waals surface area contributed by atoms with Crippen molar-refractivity contribution in [3.8, 4) is 22.9 Å². The summed E-state index contributed by atoms with van der Waals surface area (Å²) >= 11 is 14.4. The van der Waals surface area contributed by atoms with Crippen molar-refractivity contribution in [3.05, 3.63) is 74.5 Å². The van der Waals surface area contributed by atoms with Gasteiger partial charge < -0.3 is 10.1 Å². The van der Waals surface area contributed by atoms with Crippen LogP contribution in [0, 0.1) is 0 Å². The molecule has 0 saturated heterocycles. The Bertz CT molecular complexity index is 1510. The van der Waals surface area contributed by atoms with Gasteiger partial charge in [-0.1, -0.05) is 29.8 Å². The number of allylic oxidation sites excluding steroid dienone is 1. The lowest BCUT2D eigenvalue weighted by molar-refractivity contribution is 0.248. The van der Waals surface area contributed by atoms with Crippen molar-refractivity contribution in [1.82, 2.24) is 20.5 Å². The number of carbonyl (C=O) groups is 1. The third kappa shape index (κ3) is 4.07. The van der Waals surface area contributed by atoms with Crippen LogP contribution in [0.15, 0.2) is 64.0 Å². The highest BCUT2D eigenvalue weighted by Crippen LogP contribution is 2.41. The molecule has 2 amide bonds. The fourth-order valence-electron chi connectivity index (χ4n) is 3.10. The van der Waals surface area contributed by atoms with Gasteiger partial charge in [-0.05, 0) is 35.7 Å². The number of fused-ring (bicyclic) bond motifs is 1. The van der Waals surface area contributed by atoms with Gasteiger partial charge in [0.25, 0.3) is 5.56 Å². The van der Waals surface area contributed by atoms with E-state index in [-0.39, 0.29) is 21.7 Å². The van der Waals surface area contributed by atoms with Crippen molar-refractivity contribution in [1.29, 1.82) is 0 Å². The van der Waals surface area contributed by atoms with Crippen molar-refractivity contribution < 1.29 is 9.53 Å². The molecule has 9 nitrogen and oxygen atoms in total. The molecular formula is C21H12Cl2N6O3S. The summed E-state index contributed by atoms with van der Waals surface area (Å²) in [5.74, 6) is 0.142. The van der Waals surface area contributed by atoms with E-state index < -0.39 is 11.6 Å². The van der Waals surface area contributed by atoms with E-state index in [9.17, 15) is 9.59 Å². The number of urea groups is 1. The Labute approximate surface area is 199 Å². The summed E-state index contributed by atoms with van der Waals surface area (Å²) in [4.78, 5) is 28.7. The fraction of sp³-hybridized carbons (Fsp3) is 0. The fourth-order valence-corrected chi connectivity index (χ4v) is 4.38. The molecule has 0 fully saturated rings. The van der Waals surface area contributed by atoms with Gasteiger partial charge in [0.15, 0.2) is 5.75 Å². The van der Waals surface area contributed by atoms with Gasteiger partial charge in [0.2, 0.25) is 5.88 Å². The third-order valence-corrected chi connectivity index (χ3v) is 6.00. The standard InChI is InChI=1S/C21H12Cl2N6O3S/c1-10-9-24-29(21(31)25-10)11-6-13(22)19(14(23)7-11)32-20-12(8-18(30)27-28-20)15-2-3-17-16(26-15)4-5-33-17/h2-9H,1H2,(H,25,31)(H,27,30). The number of ether oxygens (including phenoxy) is 1. The molecule has 0 atom stereocenters. The Morgan fingerprint density at radius 3 is 2.64 bits per heavy atom. The van der Waals surface area contributed by atoms with Crippen molar-refractivity contribution in [3.63, 3.8) is 0 Å². The van der Waals surface area contributed by atoms with Crippen LogP contribution in [-0.2, 0) is 0 Å². The molecule has 0 spiro atoms. The number of halogens is 2. The van der Waals surface area contributed by atoms with Crippen LogP contribution in [0.3, 0.4) is 0 Å². The van der Waals surface area contributed by atoms with Gasteiger partial charge in [-0.3, -0.25) is 4.79 Å². The van der Waals surface area contributed by atoms with E-state index in [0.29, 0.717) is 22.6 Å². The maximum atomic E-state index is 12.2. The van der Waals surface area contributed by atoms with Crippen LogP contribution in [0.1, 0.15) is 0 Å². The topological polar surface area (TPSA) is 113 Å².